The van der Waals surface area contributed by atoms with E-state index in [1.807, 2.05) is 18.2 Å². The molecule has 1 aliphatic heterocycles. The summed E-state index contributed by atoms with van der Waals surface area (Å²) < 4.78 is 6.91. The van der Waals surface area contributed by atoms with Gasteiger partial charge in [-0.15, -0.1) is 12.4 Å². The molecule has 8 heteroatoms. The van der Waals surface area contributed by atoms with E-state index < -0.39 is 0 Å². The summed E-state index contributed by atoms with van der Waals surface area (Å²) in [6.07, 6.45) is 3.52. The second kappa shape index (κ2) is 7.88. The van der Waals surface area contributed by atoms with Crippen molar-refractivity contribution in [1.29, 1.82) is 0 Å². The highest BCUT2D eigenvalue weighted by molar-refractivity contribution is 6.01. The fourth-order valence-corrected chi connectivity index (χ4v) is 3.32. The SMILES string of the molecule is Cl.O=C(Cn1cnc2c(oc3ccccc32)c1=O)NCCC1CCNC1. The van der Waals surface area contributed by atoms with Crippen LogP contribution in [0.2, 0.25) is 0 Å². The molecule has 1 atom stereocenters. The molecule has 3 aromatic rings. The molecule has 1 aromatic carbocycles. The van der Waals surface area contributed by atoms with Crippen LogP contribution in [0.15, 0.2) is 39.8 Å². The first kappa shape index (κ1) is 18.4. The Balaban J connectivity index is 0.00000196. The minimum Gasteiger partial charge on any atom is -0.448 e. The lowest BCUT2D eigenvalue weighted by Crippen LogP contribution is -2.33. The maximum atomic E-state index is 12.6. The Labute approximate surface area is 156 Å². The molecule has 4 rings (SSSR count). The van der Waals surface area contributed by atoms with Crippen LogP contribution in [0.4, 0.5) is 0 Å². The van der Waals surface area contributed by atoms with Crippen molar-refractivity contribution >= 4 is 40.4 Å². The van der Waals surface area contributed by atoms with Crippen LogP contribution in [-0.4, -0.2) is 35.1 Å². The molecular weight excluding hydrogens is 356 g/mol. The molecule has 26 heavy (non-hydrogen) atoms. The lowest BCUT2D eigenvalue weighted by atomic mass is 10.1. The lowest BCUT2D eigenvalue weighted by Gasteiger charge is -2.10. The first-order valence-electron chi connectivity index (χ1n) is 8.56. The summed E-state index contributed by atoms with van der Waals surface area (Å²) in [4.78, 5) is 29.0. The molecule has 1 saturated heterocycles. The third-order valence-corrected chi connectivity index (χ3v) is 4.70. The van der Waals surface area contributed by atoms with Crippen molar-refractivity contribution in [2.45, 2.75) is 19.4 Å². The van der Waals surface area contributed by atoms with Crippen LogP contribution in [-0.2, 0) is 11.3 Å². The van der Waals surface area contributed by atoms with Gasteiger partial charge < -0.3 is 15.1 Å². The van der Waals surface area contributed by atoms with Gasteiger partial charge in [-0.05, 0) is 44.0 Å². The lowest BCUT2D eigenvalue weighted by molar-refractivity contribution is -0.121. The van der Waals surface area contributed by atoms with Crippen LogP contribution in [0.5, 0.6) is 0 Å². The number of aromatic nitrogens is 2. The zero-order chi connectivity index (χ0) is 17.2. The molecule has 138 valence electrons. The number of nitrogens with one attached hydrogen (secondary N) is 2. The van der Waals surface area contributed by atoms with Gasteiger partial charge in [-0.3, -0.25) is 14.2 Å². The summed E-state index contributed by atoms with van der Waals surface area (Å²) in [5.74, 6) is 0.432. The Morgan fingerprint density at radius 2 is 2.23 bits per heavy atom. The number of hydrogen-bond acceptors (Lipinski definition) is 5. The zero-order valence-electron chi connectivity index (χ0n) is 14.2. The van der Waals surface area contributed by atoms with Gasteiger partial charge in [0.15, 0.2) is 0 Å². The number of fused-ring (bicyclic) bond motifs is 3. The van der Waals surface area contributed by atoms with Crippen molar-refractivity contribution in [1.82, 2.24) is 20.2 Å². The second-order valence-corrected chi connectivity index (χ2v) is 6.45. The Kier molecular flexibility index (Phi) is 5.58. The van der Waals surface area contributed by atoms with Crippen molar-refractivity contribution in [2.24, 2.45) is 5.92 Å². The highest BCUT2D eigenvalue weighted by Gasteiger charge is 2.16. The fourth-order valence-electron chi connectivity index (χ4n) is 3.32. The maximum absolute atomic E-state index is 12.6. The average molecular weight is 377 g/mol. The second-order valence-electron chi connectivity index (χ2n) is 6.45. The van der Waals surface area contributed by atoms with Crippen molar-refractivity contribution in [3.63, 3.8) is 0 Å². The average Bonchev–Trinajstić information content (AvgIpc) is 3.25. The van der Waals surface area contributed by atoms with Crippen molar-refractivity contribution in [2.75, 3.05) is 19.6 Å². The Morgan fingerprint density at radius 1 is 1.38 bits per heavy atom. The van der Waals surface area contributed by atoms with E-state index in [0.717, 1.165) is 31.3 Å². The molecule has 1 unspecified atom stereocenters. The van der Waals surface area contributed by atoms with E-state index in [2.05, 4.69) is 15.6 Å². The molecular formula is C18H21ClN4O3. The summed E-state index contributed by atoms with van der Waals surface area (Å²) in [5, 5.41) is 6.99. The van der Waals surface area contributed by atoms with Crippen LogP contribution in [0.3, 0.4) is 0 Å². The predicted molar refractivity (Wildman–Crippen MR) is 102 cm³/mol. The number of furan rings is 1. The molecule has 2 aromatic heterocycles. The molecule has 0 aliphatic carbocycles. The predicted octanol–water partition coefficient (Wildman–Crippen LogP) is 1.68. The summed E-state index contributed by atoms with van der Waals surface area (Å²) >= 11 is 0. The number of rotatable bonds is 5. The molecule has 3 heterocycles. The van der Waals surface area contributed by atoms with Crippen LogP contribution in [0, 0.1) is 5.92 Å². The standard InChI is InChI=1S/C18H20N4O3.ClH/c23-15(20-8-6-12-5-7-19-9-12)10-22-11-21-16-13-3-1-2-4-14(13)25-17(16)18(22)24;/h1-4,11-12,19H,5-10H2,(H,20,23);1H. The number of nitrogens with zero attached hydrogens (tertiary/aromatic N) is 2. The molecule has 1 aliphatic rings. The minimum absolute atomic E-state index is 0. The normalized spacial score (nSPS) is 16.7. The number of amides is 1. The minimum atomic E-state index is -0.337. The van der Waals surface area contributed by atoms with E-state index in [4.69, 9.17) is 4.42 Å². The molecule has 2 N–H and O–H groups in total. The number of benzene rings is 1. The molecule has 7 nitrogen and oxygen atoms in total. The van der Waals surface area contributed by atoms with Gasteiger partial charge in [0, 0.05) is 11.9 Å². The number of carbonyl (C=O) groups is 1. The van der Waals surface area contributed by atoms with Crippen LogP contribution in [0.25, 0.3) is 22.1 Å². The van der Waals surface area contributed by atoms with Crippen LogP contribution < -0.4 is 16.2 Å². The largest absolute Gasteiger partial charge is 0.448 e. The van der Waals surface area contributed by atoms with Gasteiger partial charge in [-0.2, -0.15) is 0 Å². The highest BCUT2D eigenvalue weighted by atomic mass is 35.5. The third kappa shape index (κ3) is 3.59. The van der Waals surface area contributed by atoms with E-state index in [0.29, 0.717) is 23.6 Å². The summed E-state index contributed by atoms with van der Waals surface area (Å²) in [6, 6.07) is 7.38. The molecule has 1 amide bonds. The van der Waals surface area contributed by atoms with E-state index in [9.17, 15) is 9.59 Å². The molecule has 0 saturated carbocycles. The van der Waals surface area contributed by atoms with Gasteiger partial charge in [0.05, 0.1) is 6.33 Å². The summed E-state index contributed by atoms with van der Waals surface area (Å²) in [5.41, 5.74) is 1.00. The Bertz CT molecular complexity index is 975. The van der Waals surface area contributed by atoms with E-state index >= 15 is 0 Å². The van der Waals surface area contributed by atoms with Crippen molar-refractivity contribution in [3.05, 3.63) is 40.9 Å². The van der Waals surface area contributed by atoms with E-state index in [1.165, 1.54) is 10.9 Å². The first-order valence-corrected chi connectivity index (χ1v) is 8.56. The van der Waals surface area contributed by atoms with Gasteiger partial charge in [0.2, 0.25) is 11.5 Å². The molecule has 1 fully saturated rings. The number of carbonyl (C=O) groups excluding carboxylic acids is 1. The fraction of sp³-hybridized carbons (Fsp3) is 0.389. The third-order valence-electron chi connectivity index (χ3n) is 4.70. The Hall–Kier alpha value is -2.38. The van der Waals surface area contributed by atoms with Gasteiger partial charge in [-0.1, -0.05) is 12.1 Å². The van der Waals surface area contributed by atoms with Crippen LogP contribution in [0.1, 0.15) is 12.8 Å². The topological polar surface area (TPSA) is 89.2 Å². The first-order chi connectivity index (χ1) is 12.2. The maximum Gasteiger partial charge on any atom is 0.297 e. The van der Waals surface area contributed by atoms with Crippen molar-refractivity contribution < 1.29 is 9.21 Å². The number of para-hydroxylation sites is 1. The molecule has 0 spiro atoms. The summed E-state index contributed by atoms with van der Waals surface area (Å²) in [7, 11) is 0. The van der Waals surface area contributed by atoms with Gasteiger partial charge in [0.1, 0.15) is 17.6 Å². The smallest absolute Gasteiger partial charge is 0.297 e. The highest BCUT2D eigenvalue weighted by Crippen LogP contribution is 2.23. The van der Waals surface area contributed by atoms with Gasteiger partial charge >= 0.3 is 0 Å². The Morgan fingerprint density at radius 3 is 3.04 bits per heavy atom. The van der Waals surface area contributed by atoms with Gasteiger partial charge in [0.25, 0.3) is 5.56 Å². The molecule has 0 bridgehead atoms. The van der Waals surface area contributed by atoms with E-state index in [-0.39, 0.29) is 36.0 Å². The summed E-state index contributed by atoms with van der Waals surface area (Å²) in [6.45, 7) is 2.64. The van der Waals surface area contributed by atoms with Crippen molar-refractivity contribution in [3.8, 4) is 0 Å². The number of halogens is 1. The molecule has 0 radical (unpaired) electrons. The van der Waals surface area contributed by atoms with Gasteiger partial charge in [-0.25, -0.2) is 4.98 Å². The van der Waals surface area contributed by atoms with Crippen LogP contribution >= 0.6 is 12.4 Å². The monoisotopic (exact) mass is 376 g/mol. The quantitative estimate of drug-likeness (QED) is 0.707. The number of hydrogen-bond donors (Lipinski definition) is 2. The zero-order valence-corrected chi connectivity index (χ0v) is 15.1. The van der Waals surface area contributed by atoms with E-state index in [1.54, 1.807) is 6.07 Å².